The molecule has 1 aliphatic heterocycles. The van der Waals surface area contributed by atoms with E-state index in [1.807, 2.05) is 30.3 Å². The molecule has 1 fully saturated rings. The van der Waals surface area contributed by atoms with Gasteiger partial charge < -0.3 is 9.73 Å². The van der Waals surface area contributed by atoms with E-state index in [0.717, 1.165) is 16.4 Å². The lowest BCUT2D eigenvalue weighted by atomic mass is 10.1. The molecule has 1 amide bonds. The molecule has 6 nitrogen and oxygen atoms in total. The molecule has 1 atom stereocenters. The summed E-state index contributed by atoms with van der Waals surface area (Å²) in [6.45, 7) is 0.297. The van der Waals surface area contributed by atoms with Gasteiger partial charge in [-0.05, 0) is 55.3 Å². The minimum atomic E-state index is -3.80. The predicted molar refractivity (Wildman–Crippen MR) is 121 cm³/mol. The average Bonchev–Trinajstić information content (AvgIpc) is 3.39. The molecule has 1 N–H and O–H groups in total. The van der Waals surface area contributed by atoms with Gasteiger partial charge in [0.1, 0.15) is 17.2 Å². The molecule has 158 valence electrons. The van der Waals surface area contributed by atoms with E-state index in [-0.39, 0.29) is 10.8 Å². The molecule has 3 aromatic carbocycles. The number of carbonyl (C=O) groups is 1. The first-order valence-corrected chi connectivity index (χ1v) is 11.7. The maximum Gasteiger partial charge on any atom is 0.243 e. The number of rotatable bonds is 4. The number of amides is 1. The summed E-state index contributed by atoms with van der Waals surface area (Å²) in [5, 5.41) is 5.28. The van der Waals surface area contributed by atoms with Crippen LogP contribution in [0.5, 0.6) is 0 Å². The monoisotopic (exact) mass is 454 g/mol. The standard InChI is InChI=1S/C23H19ClN2O4S/c24-15-7-10-17(11-8-15)31(28,29)26-13-3-5-20(26)23(27)25-16-9-12-19-18-4-1-2-6-21(18)30-22(19)14-16/h1-2,4,6-12,14,20H,3,5,13H2,(H,25,27)/t20-/m1/s1. The molecular weight excluding hydrogens is 436 g/mol. The number of anilines is 1. The Kier molecular flexibility index (Phi) is 4.97. The van der Waals surface area contributed by atoms with Crippen LogP contribution in [0.15, 0.2) is 76.0 Å². The van der Waals surface area contributed by atoms with Gasteiger partial charge >= 0.3 is 0 Å². The van der Waals surface area contributed by atoms with Crippen LogP contribution in [0.2, 0.25) is 5.02 Å². The molecule has 4 aromatic rings. The van der Waals surface area contributed by atoms with Crippen molar-refractivity contribution >= 4 is 55.2 Å². The normalized spacial score (nSPS) is 17.4. The van der Waals surface area contributed by atoms with Crippen LogP contribution in [0.25, 0.3) is 21.9 Å². The van der Waals surface area contributed by atoms with Crippen LogP contribution in [0.1, 0.15) is 12.8 Å². The van der Waals surface area contributed by atoms with Gasteiger partial charge in [0.15, 0.2) is 0 Å². The number of halogens is 1. The number of sulfonamides is 1. The first-order valence-electron chi connectivity index (χ1n) is 9.93. The number of fused-ring (bicyclic) bond motifs is 3. The molecule has 2 heterocycles. The Morgan fingerprint density at radius 3 is 2.55 bits per heavy atom. The topological polar surface area (TPSA) is 79.6 Å². The van der Waals surface area contributed by atoms with E-state index >= 15 is 0 Å². The third-order valence-corrected chi connectivity index (χ3v) is 7.75. The Bertz CT molecular complexity index is 1400. The van der Waals surface area contributed by atoms with E-state index in [0.29, 0.717) is 35.7 Å². The largest absolute Gasteiger partial charge is 0.456 e. The molecule has 0 spiro atoms. The van der Waals surface area contributed by atoms with Gasteiger partial charge in [0.25, 0.3) is 0 Å². The zero-order valence-corrected chi connectivity index (χ0v) is 18.0. The van der Waals surface area contributed by atoms with Gasteiger partial charge in [-0.25, -0.2) is 8.42 Å². The molecule has 1 aliphatic rings. The molecule has 31 heavy (non-hydrogen) atoms. The lowest BCUT2D eigenvalue weighted by Crippen LogP contribution is -2.43. The van der Waals surface area contributed by atoms with Crippen molar-refractivity contribution in [2.75, 3.05) is 11.9 Å². The number of nitrogens with zero attached hydrogens (tertiary/aromatic N) is 1. The molecule has 0 aliphatic carbocycles. The van der Waals surface area contributed by atoms with E-state index < -0.39 is 16.1 Å². The quantitative estimate of drug-likeness (QED) is 0.469. The second-order valence-corrected chi connectivity index (χ2v) is 9.85. The number of para-hydroxylation sites is 1. The van der Waals surface area contributed by atoms with Gasteiger partial charge in [-0.2, -0.15) is 4.31 Å². The van der Waals surface area contributed by atoms with Crippen LogP contribution >= 0.6 is 11.6 Å². The lowest BCUT2D eigenvalue weighted by Gasteiger charge is -2.23. The fourth-order valence-corrected chi connectivity index (χ4v) is 5.84. The van der Waals surface area contributed by atoms with Gasteiger partial charge in [-0.15, -0.1) is 0 Å². The van der Waals surface area contributed by atoms with Crippen molar-refractivity contribution in [1.82, 2.24) is 4.31 Å². The Morgan fingerprint density at radius 2 is 1.74 bits per heavy atom. The Labute approximate surface area is 184 Å². The van der Waals surface area contributed by atoms with Crippen molar-refractivity contribution in [3.63, 3.8) is 0 Å². The lowest BCUT2D eigenvalue weighted by molar-refractivity contribution is -0.119. The number of hydrogen-bond acceptors (Lipinski definition) is 4. The summed E-state index contributed by atoms with van der Waals surface area (Å²) in [7, 11) is -3.80. The van der Waals surface area contributed by atoms with Crippen molar-refractivity contribution < 1.29 is 17.6 Å². The highest BCUT2D eigenvalue weighted by Crippen LogP contribution is 2.31. The van der Waals surface area contributed by atoms with Crippen LogP contribution in [0.3, 0.4) is 0 Å². The van der Waals surface area contributed by atoms with E-state index in [2.05, 4.69) is 5.32 Å². The smallest absolute Gasteiger partial charge is 0.243 e. The maximum atomic E-state index is 13.1. The molecule has 1 aromatic heterocycles. The number of benzene rings is 3. The summed E-state index contributed by atoms with van der Waals surface area (Å²) >= 11 is 5.88. The second kappa shape index (κ2) is 7.67. The summed E-state index contributed by atoms with van der Waals surface area (Å²) in [6, 6.07) is 18.4. The molecule has 1 saturated heterocycles. The number of hydrogen-bond donors (Lipinski definition) is 1. The highest BCUT2D eigenvalue weighted by molar-refractivity contribution is 7.89. The molecule has 0 unspecified atom stereocenters. The predicted octanol–water partition coefficient (Wildman–Crippen LogP) is 5.03. The number of carbonyl (C=O) groups excluding carboxylic acids is 1. The third kappa shape index (κ3) is 3.59. The van der Waals surface area contributed by atoms with E-state index in [1.54, 1.807) is 12.1 Å². The molecule has 0 saturated carbocycles. The fourth-order valence-electron chi connectivity index (χ4n) is 4.06. The fraction of sp³-hybridized carbons (Fsp3) is 0.174. The van der Waals surface area contributed by atoms with E-state index in [9.17, 15) is 13.2 Å². The number of nitrogens with one attached hydrogen (secondary N) is 1. The Morgan fingerprint density at radius 1 is 1.00 bits per heavy atom. The summed E-state index contributed by atoms with van der Waals surface area (Å²) in [5.74, 6) is -0.356. The van der Waals surface area contributed by atoms with Gasteiger partial charge in [0.05, 0.1) is 4.90 Å². The van der Waals surface area contributed by atoms with Crippen LogP contribution in [0.4, 0.5) is 5.69 Å². The molecule has 8 heteroatoms. The summed E-state index contributed by atoms with van der Waals surface area (Å²) in [5.41, 5.74) is 2.00. The van der Waals surface area contributed by atoms with Crippen LogP contribution in [-0.2, 0) is 14.8 Å². The zero-order valence-electron chi connectivity index (χ0n) is 16.4. The zero-order chi connectivity index (χ0) is 21.6. The Balaban J connectivity index is 1.40. The SMILES string of the molecule is O=C(Nc1ccc2c(c1)oc1ccccc12)[C@H]1CCCN1S(=O)(=O)c1ccc(Cl)cc1. The van der Waals surface area contributed by atoms with Gasteiger partial charge in [-0.1, -0.05) is 29.8 Å². The van der Waals surface area contributed by atoms with Crippen LogP contribution < -0.4 is 5.32 Å². The van der Waals surface area contributed by atoms with Crippen molar-refractivity contribution in [3.8, 4) is 0 Å². The molecule has 0 bridgehead atoms. The van der Waals surface area contributed by atoms with Gasteiger partial charge in [-0.3, -0.25) is 4.79 Å². The summed E-state index contributed by atoms with van der Waals surface area (Å²) in [6.07, 6.45) is 1.08. The Hall–Kier alpha value is -2.87. The first kappa shape index (κ1) is 20.1. The molecule has 0 radical (unpaired) electrons. The van der Waals surface area contributed by atoms with Crippen LogP contribution in [-0.4, -0.2) is 31.2 Å². The molecular formula is C23H19ClN2O4S. The van der Waals surface area contributed by atoms with Crippen LogP contribution in [0, 0.1) is 0 Å². The maximum absolute atomic E-state index is 13.1. The summed E-state index contributed by atoms with van der Waals surface area (Å²) < 4.78 is 33.3. The minimum Gasteiger partial charge on any atom is -0.456 e. The van der Waals surface area contributed by atoms with Crippen molar-refractivity contribution in [2.24, 2.45) is 0 Å². The van der Waals surface area contributed by atoms with Gasteiger partial charge in [0.2, 0.25) is 15.9 Å². The first-order chi connectivity index (χ1) is 14.9. The number of furan rings is 1. The minimum absolute atomic E-state index is 0.125. The highest BCUT2D eigenvalue weighted by Gasteiger charge is 2.39. The van der Waals surface area contributed by atoms with Crippen molar-refractivity contribution in [1.29, 1.82) is 0 Å². The van der Waals surface area contributed by atoms with Gasteiger partial charge in [0, 0.05) is 34.1 Å². The molecule has 5 rings (SSSR count). The van der Waals surface area contributed by atoms with Crippen molar-refractivity contribution in [2.45, 2.75) is 23.8 Å². The van der Waals surface area contributed by atoms with Crippen molar-refractivity contribution in [3.05, 3.63) is 71.8 Å². The van der Waals surface area contributed by atoms with E-state index in [4.69, 9.17) is 16.0 Å². The summed E-state index contributed by atoms with van der Waals surface area (Å²) in [4.78, 5) is 13.1. The van der Waals surface area contributed by atoms with E-state index in [1.165, 1.54) is 28.6 Å². The third-order valence-electron chi connectivity index (χ3n) is 5.57. The second-order valence-electron chi connectivity index (χ2n) is 7.53. The highest BCUT2D eigenvalue weighted by atomic mass is 35.5. The average molecular weight is 455 g/mol.